The fourth-order valence-electron chi connectivity index (χ4n) is 5.25. The highest BCUT2D eigenvalue weighted by atomic mass is 32.2. The number of nitrogen functional groups attached to an aromatic ring is 1. The van der Waals surface area contributed by atoms with Crippen molar-refractivity contribution in [3.63, 3.8) is 0 Å². The van der Waals surface area contributed by atoms with E-state index in [1.54, 1.807) is 26.1 Å². The molecule has 1 aromatic carbocycles. The predicted octanol–water partition coefficient (Wildman–Crippen LogP) is 2.71. The first-order valence-corrected chi connectivity index (χ1v) is 16.2. The van der Waals surface area contributed by atoms with Crippen molar-refractivity contribution in [1.82, 2.24) is 10.1 Å². The highest BCUT2D eigenvalue weighted by Crippen LogP contribution is 2.52. The Hall–Kier alpha value is -2.35. The molecule has 12 nitrogen and oxygen atoms in total. The molecule has 2 aromatic rings. The van der Waals surface area contributed by atoms with E-state index >= 15 is 0 Å². The number of aliphatic hydroxyl groups is 3. The normalized spacial score (nSPS) is 26.7. The highest BCUT2D eigenvalue weighted by Gasteiger charge is 2.54. The second-order valence-corrected chi connectivity index (χ2v) is 14.5. The van der Waals surface area contributed by atoms with E-state index in [1.165, 1.54) is 6.92 Å². The summed E-state index contributed by atoms with van der Waals surface area (Å²) in [7, 11) is -3.93. The van der Waals surface area contributed by atoms with E-state index in [2.05, 4.69) is 15.1 Å². The molecule has 4 rings (SSSR count). The Balaban J connectivity index is 1.44. The molecule has 1 aromatic heterocycles. The molecule has 2 unspecified atom stereocenters. The van der Waals surface area contributed by atoms with Crippen molar-refractivity contribution in [3.8, 4) is 0 Å². The molecular formula is C28H39N4O8PS. The number of hydrogen-bond donors (Lipinski definition) is 6. The number of aliphatic imine (C=N–C) groups is 1. The number of aromatic nitrogens is 1. The molecule has 0 saturated heterocycles. The van der Waals surface area contributed by atoms with Crippen LogP contribution in [-0.2, 0) is 25.0 Å². The van der Waals surface area contributed by atoms with E-state index in [9.17, 15) is 29.5 Å². The number of H-pyrrole nitrogens is 1. The summed E-state index contributed by atoms with van der Waals surface area (Å²) in [6, 6.07) is 10.9. The molecule has 0 radical (unpaired) electrons. The van der Waals surface area contributed by atoms with Gasteiger partial charge < -0.3 is 26.0 Å². The number of aliphatic hydroxyl groups excluding tert-OH is 2. The fourth-order valence-corrected chi connectivity index (χ4v) is 7.54. The smallest absolute Gasteiger partial charge is 0.395 e. The number of nitrogens with one attached hydrogen (secondary N) is 2. The molecule has 1 aliphatic heterocycles. The van der Waals surface area contributed by atoms with Gasteiger partial charge in [-0.2, -0.15) is 0 Å². The molecule has 1 aliphatic carbocycles. The first-order valence-electron chi connectivity index (χ1n) is 13.7. The van der Waals surface area contributed by atoms with Gasteiger partial charge in [-0.3, -0.25) is 23.6 Å². The highest BCUT2D eigenvalue weighted by molar-refractivity contribution is 8.13. The van der Waals surface area contributed by atoms with Crippen molar-refractivity contribution in [2.45, 2.75) is 51.4 Å². The van der Waals surface area contributed by atoms with Gasteiger partial charge in [-0.25, -0.2) is 9.65 Å². The first-order chi connectivity index (χ1) is 19.8. The summed E-state index contributed by atoms with van der Waals surface area (Å²) in [4.78, 5) is 31.4. The van der Waals surface area contributed by atoms with Gasteiger partial charge in [-0.1, -0.05) is 42.1 Å². The van der Waals surface area contributed by atoms with Gasteiger partial charge in [-0.15, -0.1) is 0 Å². The third kappa shape index (κ3) is 7.23. The Morgan fingerprint density at radius 1 is 1.31 bits per heavy atom. The van der Waals surface area contributed by atoms with Crippen LogP contribution in [0.15, 0.2) is 46.2 Å². The summed E-state index contributed by atoms with van der Waals surface area (Å²) in [6.07, 6.45) is 0.646. The second kappa shape index (κ2) is 13.1. The molecule has 14 heteroatoms. The quantitative estimate of drug-likeness (QED) is 0.142. The molecule has 6 atom stereocenters. The largest absolute Gasteiger partial charge is 0.405 e. The Kier molecular flexibility index (Phi) is 10.2. The SMILES string of the molecule is CC(C)(CO)C(=O)SCCOP(=O)(NCc1ccccc1)OC[C@H]1C[C@@H](C2C=Nc3c2cc(N)[nH]c3=O)[C@](C)(O)[C@@H]1O. The van der Waals surface area contributed by atoms with Crippen LogP contribution in [0.3, 0.4) is 0 Å². The molecule has 42 heavy (non-hydrogen) atoms. The number of rotatable bonds is 13. The topological polar surface area (TPSA) is 197 Å². The van der Waals surface area contributed by atoms with Crippen LogP contribution in [0.25, 0.3) is 0 Å². The van der Waals surface area contributed by atoms with E-state index in [1.807, 2.05) is 30.3 Å². The summed E-state index contributed by atoms with van der Waals surface area (Å²) in [6.45, 7) is 4.42. The van der Waals surface area contributed by atoms with E-state index in [0.717, 1.165) is 17.3 Å². The van der Waals surface area contributed by atoms with Gasteiger partial charge in [-0.05, 0) is 44.4 Å². The maximum atomic E-state index is 13.8. The third-order valence-electron chi connectivity index (χ3n) is 7.87. The average Bonchev–Trinajstić information content (AvgIpc) is 3.47. The molecule has 0 bridgehead atoms. The molecule has 2 aliphatic rings. The van der Waals surface area contributed by atoms with E-state index in [0.29, 0.717) is 5.56 Å². The zero-order valence-electron chi connectivity index (χ0n) is 23.9. The standard InChI is InChI=1S/C28H39N4O8PS/c1-27(2,16-33)26(36)42-10-9-39-41(38,31-13-17-7-5-4-6-8-17)40-15-18-11-21(28(3,37)24(18)34)20-14-30-23-19(20)12-22(29)32-25(23)35/h4-8,12,14,18,20-21,24,33-34,37H,9-11,13,15-16H2,1-3H3,(H,31,38)(H3,29,32,35)/t18-,20?,21+,24-,28+,41?/m1/s1. The van der Waals surface area contributed by atoms with E-state index in [-0.39, 0.29) is 55.2 Å². The summed E-state index contributed by atoms with van der Waals surface area (Å²) >= 11 is 0.970. The second-order valence-electron chi connectivity index (χ2n) is 11.6. The van der Waals surface area contributed by atoms with Gasteiger partial charge in [0.15, 0.2) is 5.12 Å². The minimum absolute atomic E-state index is 0.0736. The van der Waals surface area contributed by atoms with Crippen LogP contribution in [0, 0.1) is 17.3 Å². The van der Waals surface area contributed by atoms with Gasteiger partial charge in [0.1, 0.15) is 11.5 Å². The monoisotopic (exact) mass is 622 g/mol. The molecule has 7 N–H and O–H groups in total. The molecule has 0 spiro atoms. The zero-order chi connectivity index (χ0) is 30.7. The fraction of sp³-hybridized carbons (Fsp3) is 0.536. The molecule has 0 amide bonds. The molecule has 1 saturated carbocycles. The Morgan fingerprint density at radius 2 is 2.02 bits per heavy atom. The lowest BCUT2D eigenvalue weighted by Crippen LogP contribution is -2.44. The van der Waals surface area contributed by atoms with E-state index in [4.69, 9.17) is 14.8 Å². The van der Waals surface area contributed by atoms with Crippen molar-refractivity contribution in [1.29, 1.82) is 0 Å². The number of carbonyl (C=O) groups excluding carboxylic acids is 1. The van der Waals surface area contributed by atoms with Gasteiger partial charge in [0, 0.05) is 36.3 Å². The lowest BCUT2D eigenvalue weighted by molar-refractivity contribution is -0.119. The van der Waals surface area contributed by atoms with Crippen LogP contribution < -0.4 is 16.4 Å². The first kappa shape index (κ1) is 32.6. The number of benzene rings is 1. The number of fused-ring (bicyclic) bond motifs is 1. The van der Waals surface area contributed by atoms with Crippen molar-refractivity contribution < 1.29 is 33.7 Å². The van der Waals surface area contributed by atoms with Crippen LogP contribution in [-0.4, -0.2) is 68.9 Å². The van der Waals surface area contributed by atoms with Crippen molar-refractivity contribution >= 4 is 42.3 Å². The Bertz CT molecular complexity index is 1400. The lowest BCUT2D eigenvalue weighted by Gasteiger charge is -2.32. The number of nitrogens with two attached hydrogens (primary N) is 1. The maximum Gasteiger partial charge on any atom is 0.405 e. The number of nitrogens with zero attached hydrogens (tertiary/aromatic N) is 1. The van der Waals surface area contributed by atoms with Crippen LogP contribution in [0.1, 0.15) is 44.2 Å². The van der Waals surface area contributed by atoms with Crippen molar-refractivity contribution in [2.75, 3.05) is 31.3 Å². The number of thioether (sulfide) groups is 1. The number of anilines is 1. The molecule has 1 fully saturated rings. The van der Waals surface area contributed by atoms with Crippen molar-refractivity contribution in [3.05, 3.63) is 57.9 Å². The number of aromatic amines is 1. The van der Waals surface area contributed by atoms with Crippen molar-refractivity contribution in [2.24, 2.45) is 22.2 Å². The minimum Gasteiger partial charge on any atom is -0.395 e. The van der Waals surface area contributed by atoms with Crippen LogP contribution >= 0.6 is 19.5 Å². The predicted molar refractivity (Wildman–Crippen MR) is 162 cm³/mol. The Labute approximate surface area is 248 Å². The maximum absolute atomic E-state index is 13.8. The van der Waals surface area contributed by atoms with Gasteiger partial charge in [0.25, 0.3) is 5.56 Å². The molecule has 2 heterocycles. The minimum atomic E-state index is -3.93. The molecule has 230 valence electrons. The summed E-state index contributed by atoms with van der Waals surface area (Å²) < 4.78 is 25.3. The van der Waals surface area contributed by atoms with Gasteiger partial charge in [0.2, 0.25) is 0 Å². The average molecular weight is 623 g/mol. The van der Waals surface area contributed by atoms with Gasteiger partial charge >= 0.3 is 7.75 Å². The summed E-state index contributed by atoms with van der Waals surface area (Å²) in [5.41, 5.74) is 4.59. The lowest BCUT2D eigenvalue weighted by atomic mass is 9.78. The summed E-state index contributed by atoms with van der Waals surface area (Å²) in [5.74, 6) is -1.24. The Morgan fingerprint density at radius 3 is 2.71 bits per heavy atom. The van der Waals surface area contributed by atoms with E-state index < -0.39 is 48.2 Å². The van der Waals surface area contributed by atoms with Crippen LogP contribution in [0.5, 0.6) is 0 Å². The van der Waals surface area contributed by atoms with Gasteiger partial charge in [0.05, 0.1) is 36.9 Å². The number of carbonyl (C=O) groups is 1. The summed E-state index contributed by atoms with van der Waals surface area (Å²) in [5, 5.41) is 34.5. The molecular weight excluding hydrogens is 583 g/mol. The zero-order valence-corrected chi connectivity index (χ0v) is 25.6. The van der Waals surface area contributed by atoms with Crippen LogP contribution in [0.2, 0.25) is 0 Å². The third-order valence-corrected chi connectivity index (χ3v) is 10.6. The number of pyridine rings is 1. The number of hydrogen-bond acceptors (Lipinski definition) is 11. The van der Waals surface area contributed by atoms with Crippen LogP contribution in [0.4, 0.5) is 11.5 Å².